The maximum atomic E-state index is 13.6. The van der Waals surface area contributed by atoms with E-state index >= 15 is 0 Å². The Balaban J connectivity index is 1.43. The Morgan fingerprint density at radius 3 is 2.59 bits per heavy atom. The number of hydrogen-bond acceptors (Lipinski definition) is 6. The Kier molecular flexibility index (Phi) is 5.37. The van der Waals surface area contributed by atoms with Crippen molar-refractivity contribution in [2.75, 3.05) is 30.4 Å². The second kappa shape index (κ2) is 8.10. The van der Waals surface area contributed by atoms with Crippen molar-refractivity contribution in [1.29, 1.82) is 0 Å². The number of carbonyl (C=O) groups excluding carboxylic acids is 1. The molecule has 7 nitrogen and oxygen atoms in total. The number of carbonyl (C=O) groups is 1. The van der Waals surface area contributed by atoms with Crippen LogP contribution in [0, 0.1) is 17.6 Å². The van der Waals surface area contributed by atoms with Gasteiger partial charge < -0.3 is 10.2 Å². The number of nitrogens with one attached hydrogen (secondary N) is 1. The first-order valence-electron chi connectivity index (χ1n) is 9.62. The molecule has 0 spiro atoms. The van der Waals surface area contributed by atoms with Crippen LogP contribution in [0.1, 0.15) is 30.9 Å². The van der Waals surface area contributed by atoms with Crippen molar-refractivity contribution in [2.45, 2.75) is 25.3 Å². The van der Waals surface area contributed by atoms with Gasteiger partial charge in [0.1, 0.15) is 17.5 Å². The number of anilines is 2. The smallest absolute Gasteiger partial charge is 0.246 e. The highest BCUT2D eigenvalue weighted by molar-refractivity contribution is 5.82. The van der Waals surface area contributed by atoms with E-state index in [0.29, 0.717) is 43.9 Å². The predicted molar refractivity (Wildman–Crippen MR) is 106 cm³/mol. The highest BCUT2D eigenvalue weighted by Gasteiger charge is 2.35. The molecule has 29 heavy (non-hydrogen) atoms. The highest BCUT2D eigenvalue weighted by Crippen LogP contribution is 2.33. The van der Waals surface area contributed by atoms with Crippen LogP contribution in [0.5, 0.6) is 0 Å². The second-order valence-corrected chi connectivity index (χ2v) is 7.18. The summed E-state index contributed by atoms with van der Waals surface area (Å²) in [6.07, 6.45) is 5.09. The number of hydrazone groups is 1. The van der Waals surface area contributed by atoms with Gasteiger partial charge in [-0.1, -0.05) is 0 Å². The number of amides is 1. The zero-order chi connectivity index (χ0) is 20.4. The van der Waals surface area contributed by atoms with E-state index in [0.717, 1.165) is 11.9 Å². The molecule has 0 aliphatic carbocycles. The Labute approximate surface area is 167 Å². The van der Waals surface area contributed by atoms with Gasteiger partial charge in [0, 0.05) is 51.0 Å². The van der Waals surface area contributed by atoms with Crippen LogP contribution in [0.3, 0.4) is 0 Å². The topological polar surface area (TPSA) is 73.7 Å². The van der Waals surface area contributed by atoms with Crippen molar-refractivity contribution >= 4 is 23.9 Å². The van der Waals surface area contributed by atoms with Crippen LogP contribution in [0.4, 0.5) is 20.5 Å². The van der Waals surface area contributed by atoms with E-state index in [2.05, 4.69) is 25.3 Å². The third-order valence-corrected chi connectivity index (χ3v) is 5.36. The Morgan fingerprint density at radius 2 is 1.90 bits per heavy atom. The zero-order valence-electron chi connectivity index (χ0n) is 16.1. The summed E-state index contributed by atoms with van der Waals surface area (Å²) in [7, 11) is 1.77. The number of hydrogen-bond donors (Lipinski definition) is 1. The van der Waals surface area contributed by atoms with Crippen molar-refractivity contribution in [3.63, 3.8) is 0 Å². The number of rotatable bonds is 4. The number of benzene rings is 1. The summed E-state index contributed by atoms with van der Waals surface area (Å²) in [6, 6.07) is 4.74. The Morgan fingerprint density at radius 1 is 1.17 bits per heavy atom. The zero-order valence-corrected chi connectivity index (χ0v) is 16.1. The summed E-state index contributed by atoms with van der Waals surface area (Å²) in [5.41, 5.74) is 0.423. The standard InChI is InChI=1S/C20H22F2N6O/c1-23-20-24-6-3-18(26-20)27-8-4-13(5-9-27)19(29)28-17(2-7-25-28)14-10-15(21)12-16(22)11-14/h3,6-7,10-13,17H,2,4-5,8-9H2,1H3,(H,23,24,26). The molecule has 9 heteroatoms. The SMILES string of the molecule is CNc1nccc(N2CCC(C(=O)N3N=CCC3c3cc(F)cc(F)c3)CC2)n1. The first-order valence-corrected chi connectivity index (χ1v) is 9.62. The molecule has 1 amide bonds. The van der Waals surface area contributed by atoms with Crippen molar-refractivity contribution in [1.82, 2.24) is 15.0 Å². The summed E-state index contributed by atoms with van der Waals surface area (Å²) in [4.78, 5) is 23.8. The molecule has 152 valence electrons. The lowest BCUT2D eigenvalue weighted by molar-refractivity contribution is -0.138. The summed E-state index contributed by atoms with van der Waals surface area (Å²) in [6.45, 7) is 1.38. The minimum Gasteiger partial charge on any atom is -0.357 e. The molecule has 4 rings (SSSR count). The third-order valence-electron chi connectivity index (χ3n) is 5.36. The fourth-order valence-corrected chi connectivity index (χ4v) is 3.86. The lowest BCUT2D eigenvalue weighted by atomic mass is 9.94. The normalized spacial score (nSPS) is 19.6. The van der Waals surface area contributed by atoms with Gasteiger partial charge in [-0.3, -0.25) is 4.79 Å². The lowest BCUT2D eigenvalue weighted by Gasteiger charge is -2.34. The van der Waals surface area contributed by atoms with Crippen LogP contribution in [0.15, 0.2) is 35.6 Å². The van der Waals surface area contributed by atoms with Crippen molar-refractivity contribution in [3.8, 4) is 0 Å². The third kappa shape index (κ3) is 4.03. The molecular formula is C20H22F2N6O. The number of aromatic nitrogens is 2. The summed E-state index contributed by atoms with van der Waals surface area (Å²) in [5, 5.41) is 8.51. The fraction of sp³-hybridized carbons (Fsp3) is 0.400. The van der Waals surface area contributed by atoms with Gasteiger partial charge in [0.05, 0.1) is 6.04 Å². The van der Waals surface area contributed by atoms with Gasteiger partial charge in [-0.05, 0) is 36.6 Å². The average Bonchev–Trinajstić information content (AvgIpc) is 3.23. The second-order valence-electron chi connectivity index (χ2n) is 7.18. The highest BCUT2D eigenvalue weighted by atomic mass is 19.1. The summed E-state index contributed by atoms with van der Waals surface area (Å²) >= 11 is 0. The van der Waals surface area contributed by atoms with Gasteiger partial charge >= 0.3 is 0 Å². The first kappa shape index (κ1) is 19.2. The Bertz CT molecular complexity index is 909. The van der Waals surface area contributed by atoms with E-state index in [1.165, 1.54) is 17.1 Å². The molecule has 1 aromatic heterocycles. The molecule has 1 unspecified atom stereocenters. The molecule has 0 saturated carbocycles. The number of piperidine rings is 1. The molecule has 2 aromatic rings. The molecule has 1 atom stereocenters. The van der Waals surface area contributed by atoms with Crippen LogP contribution in [0.25, 0.3) is 0 Å². The van der Waals surface area contributed by atoms with Crippen molar-refractivity contribution in [3.05, 3.63) is 47.7 Å². The maximum absolute atomic E-state index is 13.6. The number of nitrogens with zero attached hydrogens (tertiary/aromatic N) is 5. The average molecular weight is 400 g/mol. The molecule has 3 heterocycles. The van der Waals surface area contributed by atoms with Crippen LogP contribution in [-0.2, 0) is 4.79 Å². The molecule has 1 saturated heterocycles. The van der Waals surface area contributed by atoms with Gasteiger partial charge in [0.2, 0.25) is 11.9 Å². The maximum Gasteiger partial charge on any atom is 0.246 e. The Hall–Kier alpha value is -3.10. The van der Waals surface area contributed by atoms with Gasteiger partial charge in [-0.15, -0.1) is 0 Å². The predicted octanol–water partition coefficient (Wildman–Crippen LogP) is 2.97. The summed E-state index contributed by atoms with van der Waals surface area (Å²) in [5.74, 6) is -0.226. The summed E-state index contributed by atoms with van der Waals surface area (Å²) < 4.78 is 27.2. The van der Waals surface area contributed by atoms with Gasteiger partial charge in [-0.2, -0.15) is 10.1 Å². The van der Waals surface area contributed by atoms with Crippen molar-refractivity contribution < 1.29 is 13.6 Å². The van der Waals surface area contributed by atoms with Crippen molar-refractivity contribution in [2.24, 2.45) is 11.0 Å². The largest absolute Gasteiger partial charge is 0.357 e. The molecule has 0 bridgehead atoms. The quantitative estimate of drug-likeness (QED) is 0.854. The van der Waals surface area contributed by atoms with Crippen LogP contribution in [0.2, 0.25) is 0 Å². The molecular weight excluding hydrogens is 378 g/mol. The first-order chi connectivity index (χ1) is 14.0. The van der Waals surface area contributed by atoms with E-state index < -0.39 is 17.7 Å². The number of halogens is 2. The van der Waals surface area contributed by atoms with Gasteiger partial charge in [0.25, 0.3) is 0 Å². The monoisotopic (exact) mass is 400 g/mol. The fourth-order valence-electron chi connectivity index (χ4n) is 3.86. The molecule has 1 aromatic carbocycles. The van der Waals surface area contributed by atoms with Crippen LogP contribution < -0.4 is 10.2 Å². The molecule has 1 fully saturated rings. The molecule has 1 N–H and O–H groups in total. The van der Waals surface area contributed by atoms with Crippen LogP contribution in [-0.4, -0.2) is 47.2 Å². The molecule has 2 aliphatic rings. The van der Waals surface area contributed by atoms with E-state index in [1.807, 2.05) is 6.07 Å². The van der Waals surface area contributed by atoms with Crippen LogP contribution >= 0.6 is 0 Å². The van der Waals surface area contributed by atoms with E-state index in [-0.39, 0.29) is 11.8 Å². The molecule has 0 radical (unpaired) electrons. The van der Waals surface area contributed by atoms with E-state index in [4.69, 9.17) is 0 Å². The lowest BCUT2D eigenvalue weighted by Crippen LogP contribution is -2.41. The molecule has 2 aliphatic heterocycles. The minimum atomic E-state index is -0.654. The van der Waals surface area contributed by atoms with Gasteiger partial charge in [0.15, 0.2) is 0 Å². The van der Waals surface area contributed by atoms with E-state index in [1.54, 1.807) is 19.5 Å². The minimum absolute atomic E-state index is 0.105. The van der Waals surface area contributed by atoms with E-state index in [9.17, 15) is 13.6 Å². The van der Waals surface area contributed by atoms with Gasteiger partial charge in [-0.25, -0.2) is 18.8 Å².